The molecule has 0 saturated heterocycles. The number of benzene rings is 1. The summed E-state index contributed by atoms with van der Waals surface area (Å²) in [5, 5.41) is 3.47. The van der Waals surface area contributed by atoms with Crippen LogP contribution in [0.3, 0.4) is 0 Å². The molecule has 0 aliphatic rings. The molecule has 0 aliphatic carbocycles. The van der Waals surface area contributed by atoms with Crippen molar-refractivity contribution in [2.75, 3.05) is 6.54 Å². The molecule has 0 saturated carbocycles. The average molecular weight is 351 g/mol. The fourth-order valence-electron chi connectivity index (χ4n) is 2.13. The highest BCUT2D eigenvalue weighted by Crippen LogP contribution is 2.29. The minimum atomic E-state index is 0.162. The van der Waals surface area contributed by atoms with E-state index in [0.717, 1.165) is 41.1 Å². The van der Waals surface area contributed by atoms with Gasteiger partial charge in [-0.05, 0) is 52.3 Å². The zero-order valence-corrected chi connectivity index (χ0v) is 14.8. The van der Waals surface area contributed by atoms with Crippen molar-refractivity contribution in [2.24, 2.45) is 0 Å². The van der Waals surface area contributed by atoms with Crippen molar-refractivity contribution < 1.29 is 4.42 Å². The second-order valence-corrected chi connectivity index (χ2v) is 7.17. The Bertz CT molecular complexity index is 599. The summed E-state index contributed by atoms with van der Waals surface area (Å²) in [6, 6.07) is 6.11. The molecule has 2 rings (SSSR count). The first-order valence-electron chi connectivity index (χ1n) is 7.32. The predicted molar refractivity (Wildman–Crippen MR) is 90.5 cm³/mol. The van der Waals surface area contributed by atoms with Gasteiger partial charge in [0.1, 0.15) is 0 Å². The highest BCUT2D eigenvalue weighted by atomic mass is 79.9. The van der Waals surface area contributed by atoms with E-state index in [-0.39, 0.29) is 5.54 Å². The monoisotopic (exact) mass is 350 g/mol. The van der Waals surface area contributed by atoms with E-state index < -0.39 is 0 Å². The van der Waals surface area contributed by atoms with Crippen molar-refractivity contribution in [1.82, 2.24) is 10.3 Å². The molecule has 1 heterocycles. The lowest BCUT2D eigenvalue weighted by atomic mass is 10.1. The Hall–Kier alpha value is -1.13. The summed E-state index contributed by atoms with van der Waals surface area (Å²) < 4.78 is 6.97. The predicted octanol–water partition coefficient (Wildman–Crippen LogP) is 4.73. The number of hydrogen-bond acceptors (Lipinski definition) is 3. The van der Waals surface area contributed by atoms with E-state index in [4.69, 9.17) is 4.42 Å². The number of nitrogens with zero attached hydrogens (tertiary/aromatic N) is 1. The summed E-state index contributed by atoms with van der Waals surface area (Å²) >= 11 is 3.55. The summed E-state index contributed by atoms with van der Waals surface area (Å²) in [5.41, 5.74) is 2.43. The quantitative estimate of drug-likeness (QED) is 0.791. The minimum Gasteiger partial charge on any atom is -0.441 e. The van der Waals surface area contributed by atoms with Crippen molar-refractivity contribution in [1.29, 1.82) is 0 Å². The van der Waals surface area contributed by atoms with E-state index in [1.165, 1.54) is 5.56 Å². The fraction of sp³-hybridized carbons (Fsp3) is 0.471. The van der Waals surface area contributed by atoms with Gasteiger partial charge in [-0.25, -0.2) is 4.98 Å². The maximum absolute atomic E-state index is 5.88. The molecule has 1 aromatic carbocycles. The van der Waals surface area contributed by atoms with Crippen LogP contribution in [0.2, 0.25) is 0 Å². The Kier molecular flexibility index (Phi) is 5.22. The smallest absolute Gasteiger partial charge is 0.194 e. The van der Waals surface area contributed by atoms with Crippen LogP contribution in [-0.4, -0.2) is 17.1 Å². The average Bonchev–Trinajstić information content (AvgIpc) is 2.85. The van der Waals surface area contributed by atoms with Gasteiger partial charge in [0.2, 0.25) is 0 Å². The van der Waals surface area contributed by atoms with Gasteiger partial charge in [0.15, 0.2) is 11.7 Å². The number of rotatable bonds is 5. The van der Waals surface area contributed by atoms with Gasteiger partial charge in [0.25, 0.3) is 0 Å². The Labute approximate surface area is 135 Å². The van der Waals surface area contributed by atoms with Crippen LogP contribution in [0.25, 0.3) is 11.3 Å². The second kappa shape index (κ2) is 6.75. The number of aromatic nitrogens is 1. The Balaban J connectivity index is 1.97. The van der Waals surface area contributed by atoms with Crippen molar-refractivity contribution in [3.05, 3.63) is 40.3 Å². The summed E-state index contributed by atoms with van der Waals surface area (Å²) in [6.45, 7) is 9.57. The molecule has 0 atom stereocenters. The van der Waals surface area contributed by atoms with E-state index in [9.17, 15) is 0 Å². The largest absolute Gasteiger partial charge is 0.441 e. The van der Waals surface area contributed by atoms with Crippen molar-refractivity contribution >= 4 is 15.9 Å². The molecule has 1 N–H and O–H groups in total. The van der Waals surface area contributed by atoms with E-state index >= 15 is 0 Å². The summed E-state index contributed by atoms with van der Waals surface area (Å²) in [4.78, 5) is 4.39. The first kappa shape index (κ1) is 16.2. The minimum absolute atomic E-state index is 0.162. The molecule has 0 radical (unpaired) electrons. The number of nitrogens with one attached hydrogen (secondary N) is 1. The molecule has 0 spiro atoms. The fourth-order valence-corrected chi connectivity index (χ4v) is 2.49. The highest BCUT2D eigenvalue weighted by molar-refractivity contribution is 9.10. The van der Waals surface area contributed by atoms with Gasteiger partial charge < -0.3 is 9.73 Å². The Morgan fingerprint density at radius 3 is 2.76 bits per heavy atom. The molecule has 4 heteroatoms. The topological polar surface area (TPSA) is 38.1 Å². The molecule has 114 valence electrons. The van der Waals surface area contributed by atoms with E-state index in [1.807, 2.05) is 18.3 Å². The third-order valence-corrected chi connectivity index (χ3v) is 4.17. The molecule has 0 unspecified atom stereocenters. The maximum atomic E-state index is 5.88. The number of aryl methyl sites for hydroxylation is 1. The normalized spacial score (nSPS) is 11.9. The van der Waals surface area contributed by atoms with Crippen LogP contribution in [0.1, 0.15) is 38.6 Å². The zero-order valence-electron chi connectivity index (χ0n) is 13.2. The van der Waals surface area contributed by atoms with Crippen LogP contribution in [-0.2, 0) is 6.42 Å². The first-order chi connectivity index (χ1) is 9.87. The molecule has 0 bridgehead atoms. The van der Waals surface area contributed by atoms with Crippen molar-refractivity contribution in [3.8, 4) is 11.3 Å². The van der Waals surface area contributed by atoms with Crippen LogP contribution in [0, 0.1) is 6.92 Å². The molecule has 0 fully saturated rings. The second-order valence-electron chi connectivity index (χ2n) is 6.31. The van der Waals surface area contributed by atoms with Crippen LogP contribution in [0.5, 0.6) is 0 Å². The van der Waals surface area contributed by atoms with Crippen LogP contribution in [0.15, 0.2) is 33.3 Å². The number of hydrogen-bond donors (Lipinski definition) is 1. The summed E-state index contributed by atoms with van der Waals surface area (Å²) in [7, 11) is 0. The SMILES string of the molecule is Cc1c(Br)cccc1-c1cnc(CCCNC(C)(C)C)o1. The van der Waals surface area contributed by atoms with Gasteiger partial charge in [-0.1, -0.05) is 28.1 Å². The highest BCUT2D eigenvalue weighted by Gasteiger charge is 2.11. The molecule has 21 heavy (non-hydrogen) atoms. The van der Waals surface area contributed by atoms with Gasteiger partial charge in [-0.3, -0.25) is 0 Å². The number of halogens is 1. The molecular weight excluding hydrogens is 328 g/mol. The number of oxazole rings is 1. The lowest BCUT2D eigenvalue weighted by Gasteiger charge is -2.20. The van der Waals surface area contributed by atoms with Crippen molar-refractivity contribution in [2.45, 2.75) is 46.1 Å². The third kappa shape index (κ3) is 4.68. The molecule has 2 aromatic rings. The van der Waals surface area contributed by atoms with E-state index in [2.05, 4.69) is 60.0 Å². The first-order valence-corrected chi connectivity index (χ1v) is 8.11. The summed E-state index contributed by atoms with van der Waals surface area (Å²) in [5.74, 6) is 1.65. The van der Waals surface area contributed by atoms with Crippen LogP contribution in [0.4, 0.5) is 0 Å². The molecule has 0 aliphatic heterocycles. The molecule has 1 aromatic heterocycles. The summed E-state index contributed by atoms with van der Waals surface area (Å²) in [6.07, 6.45) is 3.70. The van der Waals surface area contributed by atoms with Gasteiger partial charge in [0.05, 0.1) is 6.20 Å². The van der Waals surface area contributed by atoms with Gasteiger partial charge in [-0.15, -0.1) is 0 Å². The van der Waals surface area contributed by atoms with Gasteiger partial charge >= 0.3 is 0 Å². The van der Waals surface area contributed by atoms with Gasteiger partial charge in [0, 0.05) is 22.0 Å². The lowest BCUT2D eigenvalue weighted by Crippen LogP contribution is -2.36. The maximum Gasteiger partial charge on any atom is 0.194 e. The van der Waals surface area contributed by atoms with Crippen molar-refractivity contribution in [3.63, 3.8) is 0 Å². The molecule has 0 amide bonds. The van der Waals surface area contributed by atoms with Crippen LogP contribution >= 0.6 is 15.9 Å². The Morgan fingerprint density at radius 1 is 1.29 bits per heavy atom. The molecular formula is C17H23BrN2O. The third-order valence-electron chi connectivity index (χ3n) is 3.31. The van der Waals surface area contributed by atoms with Crippen LogP contribution < -0.4 is 5.32 Å². The zero-order chi connectivity index (χ0) is 15.5. The van der Waals surface area contributed by atoms with E-state index in [1.54, 1.807) is 0 Å². The molecule has 3 nitrogen and oxygen atoms in total. The Morgan fingerprint density at radius 2 is 2.05 bits per heavy atom. The lowest BCUT2D eigenvalue weighted by molar-refractivity contribution is 0.412. The van der Waals surface area contributed by atoms with E-state index in [0.29, 0.717) is 0 Å². The van der Waals surface area contributed by atoms with Gasteiger partial charge in [-0.2, -0.15) is 0 Å². The standard InChI is InChI=1S/C17H23BrN2O/c1-12-13(7-5-8-14(12)18)15-11-19-16(21-15)9-6-10-20-17(2,3)4/h5,7-8,11,20H,6,9-10H2,1-4H3.